The first-order chi connectivity index (χ1) is 9.33. The molecule has 1 aliphatic heterocycles. The molecule has 2 aromatic rings. The summed E-state index contributed by atoms with van der Waals surface area (Å²) in [4.78, 5) is 2.48. The third-order valence-electron chi connectivity index (χ3n) is 3.37. The van der Waals surface area contributed by atoms with Gasteiger partial charge in [0.15, 0.2) is 0 Å². The second kappa shape index (κ2) is 6.43. The van der Waals surface area contributed by atoms with Crippen LogP contribution in [0.4, 0.5) is 0 Å². The Kier molecular flexibility index (Phi) is 4.63. The molecule has 1 aromatic carbocycles. The summed E-state index contributed by atoms with van der Waals surface area (Å²) in [6.45, 7) is 0.999. The minimum atomic E-state index is 0.682. The normalized spacial score (nSPS) is 18.0. The van der Waals surface area contributed by atoms with E-state index in [-0.39, 0.29) is 0 Å². The molecule has 19 heavy (non-hydrogen) atoms. The van der Waals surface area contributed by atoms with Gasteiger partial charge in [-0.15, -0.1) is 0 Å². The van der Waals surface area contributed by atoms with Crippen molar-refractivity contribution in [1.29, 1.82) is 0 Å². The molecule has 1 fully saturated rings. The summed E-state index contributed by atoms with van der Waals surface area (Å²) in [5.41, 5.74) is 3.37. The van der Waals surface area contributed by atoms with Crippen LogP contribution in [0.1, 0.15) is 5.56 Å². The van der Waals surface area contributed by atoms with Gasteiger partial charge in [0.05, 0.1) is 11.7 Å². The molecule has 0 aliphatic carbocycles. The summed E-state index contributed by atoms with van der Waals surface area (Å²) < 4.78 is 8.57. The maximum absolute atomic E-state index is 4.32. The smallest absolute Gasteiger partial charge is 0.105 e. The number of hydrogen-bond acceptors (Lipinski definition) is 6. The van der Waals surface area contributed by atoms with Crippen molar-refractivity contribution < 1.29 is 0 Å². The predicted molar refractivity (Wildman–Crippen MR) is 87.3 cm³/mol. The van der Waals surface area contributed by atoms with E-state index in [2.05, 4.69) is 62.4 Å². The van der Waals surface area contributed by atoms with Crippen molar-refractivity contribution in [1.82, 2.24) is 13.6 Å². The van der Waals surface area contributed by atoms with E-state index in [0.717, 1.165) is 17.6 Å². The summed E-state index contributed by atoms with van der Waals surface area (Å²) in [6, 6.07) is 7.11. The second-order valence-corrected chi connectivity index (χ2v) is 7.63. The number of rotatable bonds is 3. The second-order valence-electron chi connectivity index (χ2n) is 4.81. The van der Waals surface area contributed by atoms with Crippen LogP contribution in [0.3, 0.4) is 0 Å². The number of aromatic nitrogens is 2. The Balaban J connectivity index is 1.68. The molecule has 6 heteroatoms. The van der Waals surface area contributed by atoms with Crippen LogP contribution in [0.2, 0.25) is 0 Å². The van der Waals surface area contributed by atoms with Gasteiger partial charge in [0.25, 0.3) is 0 Å². The van der Waals surface area contributed by atoms with Gasteiger partial charge >= 0.3 is 0 Å². The Morgan fingerprint density at radius 3 is 2.68 bits per heavy atom. The van der Waals surface area contributed by atoms with Crippen molar-refractivity contribution in [2.45, 2.75) is 12.6 Å². The average Bonchev–Trinajstić information content (AvgIpc) is 2.71. The summed E-state index contributed by atoms with van der Waals surface area (Å²) in [5.74, 6) is 5.10. The van der Waals surface area contributed by atoms with Crippen molar-refractivity contribution in [3.63, 3.8) is 0 Å². The van der Waals surface area contributed by atoms with Crippen molar-refractivity contribution in [3.05, 3.63) is 23.8 Å². The van der Waals surface area contributed by atoms with Crippen LogP contribution in [0, 0.1) is 0 Å². The lowest BCUT2D eigenvalue weighted by Crippen LogP contribution is -2.34. The first kappa shape index (κ1) is 13.7. The van der Waals surface area contributed by atoms with Crippen molar-refractivity contribution in [2.24, 2.45) is 0 Å². The highest BCUT2D eigenvalue weighted by atomic mass is 32.2. The average molecular weight is 312 g/mol. The van der Waals surface area contributed by atoms with Gasteiger partial charge in [0, 0.05) is 35.6 Å². The van der Waals surface area contributed by atoms with Gasteiger partial charge in [0.1, 0.15) is 11.0 Å². The SMILES string of the molecule is CN(Cc1ccc2nsnc2c1)C1CSCCSC1. The molecule has 0 spiro atoms. The van der Waals surface area contributed by atoms with Crippen LogP contribution < -0.4 is 0 Å². The largest absolute Gasteiger partial charge is 0.298 e. The minimum Gasteiger partial charge on any atom is -0.298 e. The van der Waals surface area contributed by atoms with E-state index in [4.69, 9.17) is 0 Å². The lowest BCUT2D eigenvalue weighted by atomic mass is 10.2. The summed E-state index contributed by atoms with van der Waals surface area (Å²) >= 11 is 5.46. The number of hydrogen-bond donors (Lipinski definition) is 0. The maximum Gasteiger partial charge on any atom is 0.105 e. The number of thioether (sulfide) groups is 2. The monoisotopic (exact) mass is 311 g/mol. The molecular formula is C13H17N3S3. The molecule has 0 unspecified atom stereocenters. The molecule has 3 rings (SSSR count). The Morgan fingerprint density at radius 1 is 1.16 bits per heavy atom. The third-order valence-corrected chi connectivity index (χ3v) is 6.41. The van der Waals surface area contributed by atoms with E-state index < -0.39 is 0 Å². The maximum atomic E-state index is 4.32. The van der Waals surface area contributed by atoms with Gasteiger partial charge in [-0.25, -0.2) is 0 Å². The molecule has 0 saturated carbocycles. The Morgan fingerprint density at radius 2 is 1.89 bits per heavy atom. The van der Waals surface area contributed by atoms with Gasteiger partial charge in [-0.3, -0.25) is 4.90 Å². The van der Waals surface area contributed by atoms with Gasteiger partial charge in [-0.05, 0) is 24.7 Å². The zero-order valence-electron chi connectivity index (χ0n) is 10.9. The fourth-order valence-corrected chi connectivity index (χ4v) is 5.43. The van der Waals surface area contributed by atoms with E-state index in [1.54, 1.807) is 0 Å². The highest BCUT2D eigenvalue weighted by Gasteiger charge is 2.17. The van der Waals surface area contributed by atoms with Crippen LogP contribution in [0.25, 0.3) is 11.0 Å². The zero-order chi connectivity index (χ0) is 13.1. The Bertz CT molecular complexity index is 535. The predicted octanol–water partition coefficient (Wildman–Crippen LogP) is 2.97. The van der Waals surface area contributed by atoms with Gasteiger partial charge in [-0.1, -0.05) is 6.07 Å². The number of benzene rings is 1. The van der Waals surface area contributed by atoms with Gasteiger partial charge in [0.2, 0.25) is 0 Å². The molecule has 102 valence electrons. The Labute approximate surface area is 126 Å². The standard InChI is InChI=1S/C13H17N3S3/c1-16(11-8-17-4-5-18-9-11)7-10-2-3-12-13(6-10)15-19-14-12/h2-3,6,11H,4-5,7-9H2,1H3. The van der Waals surface area contributed by atoms with E-state index in [0.29, 0.717) is 6.04 Å². The molecule has 0 amide bonds. The van der Waals surface area contributed by atoms with Crippen molar-refractivity contribution in [3.8, 4) is 0 Å². The molecule has 0 radical (unpaired) electrons. The molecule has 1 aromatic heterocycles. The molecule has 2 heterocycles. The minimum absolute atomic E-state index is 0.682. The zero-order valence-corrected chi connectivity index (χ0v) is 13.4. The summed E-state index contributed by atoms with van der Waals surface area (Å²) in [6.07, 6.45) is 0. The van der Waals surface area contributed by atoms with Crippen LogP contribution in [0.5, 0.6) is 0 Å². The van der Waals surface area contributed by atoms with Crippen LogP contribution in [0.15, 0.2) is 18.2 Å². The first-order valence-corrected chi connectivity index (χ1v) is 9.44. The highest BCUT2D eigenvalue weighted by Crippen LogP contribution is 2.21. The Hall–Kier alpha value is -0.300. The molecular weight excluding hydrogens is 294 g/mol. The number of fused-ring (bicyclic) bond motifs is 1. The molecule has 1 saturated heterocycles. The molecule has 0 N–H and O–H groups in total. The van der Waals surface area contributed by atoms with E-state index in [1.807, 2.05) is 0 Å². The number of nitrogens with zero attached hydrogens (tertiary/aromatic N) is 3. The van der Waals surface area contributed by atoms with Crippen molar-refractivity contribution >= 4 is 46.3 Å². The van der Waals surface area contributed by atoms with Crippen molar-refractivity contribution in [2.75, 3.05) is 30.1 Å². The van der Waals surface area contributed by atoms with Crippen LogP contribution >= 0.6 is 35.3 Å². The van der Waals surface area contributed by atoms with Gasteiger partial charge in [-0.2, -0.15) is 32.3 Å². The van der Waals surface area contributed by atoms with E-state index in [9.17, 15) is 0 Å². The molecule has 3 nitrogen and oxygen atoms in total. The van der Waals surface area contributed by atoms with Crippen LogP contribution in [-0.4, -0.2) is 49.7 Å². The van der Waals surface area contributed by atoms with E-state index in [1.165, 1.54) is 40.3 Å². The molecule has 1 aliphatic rings. The van der Waals surface area contributed by atoms with Crippen LogP contribution in [-0.2, 0) is 6.54 Å². The summed E-state index contributed by atoms with van der Waals surface area (Å²) in [5, 5.41) is 0. The fourth-order valence-electron chi connectivity index (χ4n) is 2.20. The lowest BCUT2D eigenvalue weighted by Gasteiger charge is -2.26. The molecule has 0 atom stereocenters. The highest BCUT2D eigenvalue weighted by molar-refractivity contribution is 8.03. The fraction of sp³-hybridized carbons (Fsp3) is 0.538. The quantitative estimate of drug-likeness (QED) is 0.869. The summed E-state index contributed by atoms with van der Waals surface area (Å²) in [7, 11) is 2.24. The van der Waals surface area contributed by atoms with Gasteiger partial charge < -0.3 is 0 Å². The van der Waals surface area contributed by atoms with E-state index >= 15 is 0 Å². The lowest BCUT2D eigenvalue weighted by molar-refractivity contribution is 0.274. The topological polar surface area (TPSA) is 29.0 Å². The molecule has 0 bridgehead atoms. The third kappa shape index (κ3) is 3.42. The first-order valence-electron chi connectivity index (χ1n) is 6.40.